The van der Waals surface area contributed by atoms with Gasteiger partial charge in [-0.2, -0.15) is 0 Å². The van der Waals surface area contributed by atoms with E-state index in [1.54, 1.807) is 13.0 Å². The lowest BCUT2D eigenvalue weighted by Gasteiger charge is -2.07. The van der Waals surface area contributed by atoms with E-state index in [2.05, 4.69) is 5.32 Å². The van der Waals surface area contributed by atoms with Crippen LogP contribution in [0.5, 0.6) is 0 Å². The van der Waals surface area contributed by atoms with Crippen molar-refractivity contribution in [1.29, 1.82) is 0 Å². The first kappa shape index (κ1) is 12.6. The summed E-state index contributed by atoms with van der Waals surface area (Å²) in [6.45, 7) is 3.25. The standard InChI is InChI=1S/C9H15NO4/c1-3-4-6(2)8(12)10-5-7(11)9(13)14/h4,7,11H,3,5H2,1-2H3,(H,10,12)(H,13,14). The van der Waals surface area contributed by atoms with Crippen LogP contribution in [-0.4, -0.2) is 34.7 Å². The fraction of sp³-hybridized carbons (Fsp3) is 0.556. The fourth-order valence-corrected chi connectivity index (χ4v) is 0.815. The molecule has 0 bridgehead atoms. The molecule has 5 nitrogen and oxygen atoms in total. The van der Waals surface area contributed by atoms with Gasteiger partial charge in [-0.3, -0.25) is 4.79 Å². The summed E-state index contributed by atoms with van der Waals surface area (Å²) in [5.74, 6) is -1.70. The van der Waals surface area contributed by atoms with E-state index in [9.17, 15) is 9.59 Å². The second kappa shape index (κ2) is 6.15. The van der Waals surface area contributed by atoms with E-state index in [0.717, 1.165) is 6.42 Å². The highest BCUT2D eigenvalue weighted by Gasteiger charge is 2.14. The predicted octanol–water partition coefficient (Wildman–Crippen LogP) is -0.0956. The van der Waals surface area contributed by atoms with E-state index in [1.165, 1.54) is 0 Å². The highest BCUT2D eigenvalue weighted by atomic mass is 16.4. The zero-order chi connectivity index (χ0) is 11.1. The molecular weight excluding hydrogens is 186 g/mol. The van der Waals surface area contributed by atoms with Gasteiger partial charge in [0.05, 0.1) is 6.54 Å². The van der Waals surface area contributed by atoms with Crippen LogP contribution in [0.4, 0.5) is 0 Å². The van der Waals surface area contributed by atoms with Crippen LogP contribution in [0, 0.1) is 0 Å². The van der Waals surface area contributed by atoms with Crippen LogP contribution in [0.2, 0.25) is 0 Å². The summed E-state index contributed by atoms with van der Waals surface area (Å²) in [6, 6.07) is 0. The van der Waals surface area contributed by atoms with Gasteiger partial charge >= 0.3 is 5.97 Å². The number of carboxylic acids is 1. The fourth-order valence-electron chi connectivity index (χ4n) is 0.815. The zero-order valence-electron chi connectivity index (χ0n) is 8.28. The van der Waals surface area contributed by atoms with Crippen molar-refractivity contribution in [3.05, 3.63) is 11.6 Å². The molecule has 0 spiro atoms. The second-order valence-electron chi connectivity index (χ2n) is 2.86. The molecule has 3 N–H and O–H groups in total. The number of hydrogen-bond donors (Lipinski definition) is 3. The highest BCUT2D eigenvalue weighted by molar-refractivity contribution is 5.93. The van der Waals surface area contributed by atoms with Gasteiger partial charge in [0.2, 0.25) is 5.91 Å². The Morgan fingerprint density at radius 3 is 2.50 bits per heavy atom. The first-order valence-corrected chi connectivity index (χ1v) is 4.34. The van der Waals surface area contributed by atoms with Gasteiger partial charge in [0.15, 0.2) is 6.10 Å². The maximum atomic E-state index is 11.2. The number of rotatable bonds is 5. The van der Waals surface area contributed by atoms with Crippen LogP contribution in [0.25, 0.3) is 0 Å². The number of aliphatic hydroxyl groups is 1. The smallest absolute Gasteiger partial charge is 0.334 e. The summed E-state index contributed by atoms with van der Waals surface area (Å²) in [5.41, 5.74) is 0.519. The Morgan fingerprint density at radius 2 is 2.07 bits per heavy atom. The lowest BCUT2D eigenvalue weighted by Crippen LogP contribution is -2.36. The Kier molecular flexibility index (Phi) is 5.55. The van der Waals surface area contributed by atoms with E-state index >= 15 is 0 Å². The first-order chi connectivity index (χ1) is 6.49. The number of allylic oxidation sites excluding steroid dienone is 1. The number of hydrogen-bond acceptors (Lipinski definition) is 3. The molecule has 0 aromatic heterocycles. The molecule has 0 fully saturated rings. The van der Waals surface area contributed by atoms with Crippen molar-refractivity contribution >= 4 is 11.9 Å². The van der Waals surface area contributed by atoms with Gasteiger partial charge in [-0.1, -0.05) is 13.0 Å². The van der Waals surface area contributed by atoms with E-state index in [4.69, 9.17) is 10.2 Å². The van der Waals surface area contributed by atoms with Crippen molar-refractivity contribution in [1.82, 2.24) is 5.32 Å². The molecule has 14 heavy (non-hydrogen) atoms. The van der Waals surface area contributed by atoms with Crippen molar-refractivity contribution in [2.45, 2.75) is 26.4 Å². The van der Waals surface area contributed by atoms with E-state index in [-0.39, 0.29) is 12.5 Å². The average Bonchev–Trinajstić information content (AvgIpc) is 2.13. The summed E-state index contributed by atoms with van der Waals surface area (Å²) in [4.78, 5) is 21.4. The van der Waals surface area contributed by atoms with Crippen molar-refractivity contribution in [3.8, 4) is 0 Å². The predicted molar refractivity (Wildman–Crippen MR) is 50.7 cm³/mol. The number of nitrogens with one attached hydrogen (secondary N) is 1. The Morgan fingerprint density at radius 1 is 1.50 bits per heavy atom. The van der Waals surface area contributed by atoms with Crippen LogP contribution < -0.4 is 5.32 Å². The van der Waals surface area contributed by atoms with Crippen molar-refractivity contribution in [2.75, 3.05) is 6.54 Å². The minimum Gasteiger partial charge on any atom is -0.479 e. The lowest BCUT2D eigenvalue weighted by atomic mass is 10.2. The van der Waals surface area contributed by atoms with Gasteiger partial charge in [-0.25, -0.2) is 4.79 Å². The second-order valence-corrected chi connectivity index (χ2v) is 2.86. The summed E-state index contributed by atoms with van der Waals surface area (Å²) in [5, 5.41) is 19.5. The molecule has 1 unspecified atom stereocenters. The number of carboxylic acid groups (broad SMARTS) is 1. The Balaban J connectivity index is 3.97. The van der Waals surface area contributed by atoms with Crippen LogP contribution in [0.3, 0.4) is 0 Å². The number of aliphatic carboxylic acids is 1. The first-order valence-electron chi connectivity index (χ1n) is 4.34. The highest BCUT2D eigenvalue weighted by Crippen LogP contribution is 1.94. The molecule has 0 saturated carbocycles. The Labute approximate surface area is 82.4 Å². The van der Waals surface area contributed by atoms with Crippen molar-refractivity contribution < 1.29 is 19.8 Å². The van der Waals surface area contributed by atoms with Crippen LogP contribution in [0.15, 0.2) is 11.6 Å². The van der Waals surface area contributed by atoms with Crippen LogP contribution in [-0.2, 0) is 9.59 Å². The molecule has 0 aliphatic rings. The Bertz CT molecular complexity index is 247. The summed E-state index contributed by atoms with van der Waals surface area (Å²) in [6.07, 6.45) is 0.914. The quantitative estimate of drug-likeness (QED) is 0.542. The molecule has 0 aliphatic heterocycles. The molecule has 0 saturated heterocycles. The van der Waals surface area contributed by atoms with Gasteiger partial charge < -0.3 is 15.5 Å². The van der Waals surface area contributed by atoms with Gasteiger partial charge in [0, 0.05) is 5.57 Å². The minimum absolute atomic E-state index is 0.275. The number of carbonyl (C=O) groups is 2. The third kappa shape index (κ3) is 4.61. The molecule has 80 valence electrons. The molecule has 1 amide bonds. The Hall–Kier alpha value is -1.36. The molecule has 5 heteroatoms. The van der Waals surface area contributed by atoms with Crippen molar-refractivity contribution in [2.24, 2.45) is 0 Å². The molecule has 0 rings (SSSR count). The molecule has 0 aliphatic carbocycles. The summed E-state index contributed by atoms with van der Waals surface area (Å²) >= 11 is 0. The topological polar surface area (TPSA) is 86.6 Å². The van der Waals surface area contributed by atoms with Gasteiger partial charge in [0.1, 0.15) is 0 Å². The molecular formula is C9H15NO4. The molecule has 0 aromatic rings. The van der Waals surface area contributed by atoms with Gasteiger partial charge in [-0.15, -0.1) is 0 Å². The summed E-state index contributed by atoms with van der Waals surface area (Å²) in [7, 11) is 0. The molecule has 1 atom stereocenters. The summed E-state index contributed by atoms with van der Waals surface area (Å²) < 4.78 is 0. The molecule has 0 radical (unpaired) electrons. The number of carbonyl (C=O) groups excluding carboxylic acids is 1. The van der Waals surface area contributed by atoms with E-state index in [1.807, 2.05) is 6.92 Å². The van der Waals surface area contributed by atoms with Gasteiger partial charge in [0.25, 0.3) is 0 Å². The maximum absolute atomic E-state index is 11.2. The van der Waals surface area contributed by atoms with Crippen LogP contribution >= 0.6 is 0 Å². The number of aliphatic hydroxyl groups excluding tert-OH is 1. The SMILES string of the molecule is CCC=C(C)C(=O)NCC(O)C(=O)O. The van der Waals surface area contributed by atoms with Crippen LogP contribution in [0.1, 0.15) is 20.3 Å². The molecule has 0 aromatic carbocycles. The third-order valence-corrected chi connectivity index (χ3v) is 1.61. The average molecular weight is 201 g/mol. The number of amides is 1. The van der Waals surface area contributed by atoms with E-state index in [0.29, 0.717) is 5.57 Å². The zero-order valence-corrected chi connectivity index (χ0v) is 8.28. The third-order valence-electron chi connectivity index (χ3n) is 1.61. The lowest BCUT2D eigenvalue weighted by molar-refractivity contribution is -0.146. The normalized spacial score (nSPS) is 13.5. The van der Waals surface area contributed by atoms with Crippen molar-refractivity contribution in [3.63, 3.8) is 0 Å². The molecule has 0 heterocycles. The monoisotopic (exact) mass is 201 g/mol. The largest absolute Gasteiger partial charge is 0.479 e. The van der Waals surface area contributed by atoms with Gasteiger partial charge in [-0.05, 0) is 13.3 Å². The van der Waals surface area contributed by atoms with E-state index < -0.39 is 12.1 Å². The maximum Gasteiger partial charge on any atom is 0.334 e. The minimum atomic E-state index is -1.55.